The Morgan fingerprint density at radius 3 is 2.42 bits per heavy atom. The molecule has 1 rings (SSSR count). The predicted molar refractivity (Wildman–Crippen MR) is 73.0 cm³/mol. The van der Waals surface area contributed by atoms with Gasteiger partial charge >= 0.3 is 5.69 Å². The first-order valence-electron chi connectivity index (χ1n) is 5.27. The summed E-state index contributed by atoms with van der Waals surface area (Å²) in [5.41, 5.74) is 3.82. The van der Waals surface area contributed by atoms with Gasteiger partial charge in [0, 0.05) is 26.8 Å². The van der Waals surface area contributed by atoms with E-state index in [0.29, 0.717) is 13.0 Å². The zero-order valence-corrected chi connectivity index (χ0v) is 12.3. The second kappa shape index (κ2) is 6.85. The highest BCUT2D eigenvalue weighted by molar-refractivity contribution is 7.89. The number of rotatable bonds is 5. The highest BCUT2D eigenvalue weighted by Gasteiger charge is 2.20. The Hall–Kier alpha value is -1.16. The van der Waals surface area contributed by atoms with Gasteiger partial charge in [0.05, 0.1) is 0 Å². The summed E-state index contributed by atoms with van der Waals surface area (Å²) >= 11 is 0. The number of aryl methyl sites for hydroxylation is 1. The highest BCUT2D eigenvalue weighted by Crippen LogP contribution is 1.99. The molecule has 0 atom stereocenters. The summed E-state index contributed by atoms with van der Waals surface area (Å²) in [6.07, 6.45) is 1.47. The Kier molecular flexibility index (Phi) is 6.43. The molecule has 1 aromatic rings. The normalized spacial score (nSPS) is 11.1. The van der Waals surface area contributed by atoms with Gasteiger partial charge in [-0.05, 0) is 13.0 Å². The summed E-state index contributed by atoms with van der Waals surface area (Å²) in [5, 5.41) is 0. The number of nitrogens with zero attached hydrogens (tertiary/aromatic N) is 2. The van der Waals surface area contributed by atoms with Gasteiger partial charge in [0.25, 0.3) is 5.56 Å². The minimum atomic E-state index is -3.92. The molecule has 0 aromatic carbocycles. The first-order chi connectivity index (χ1) is 8.31. The van der Waals surface area contributed by atoms with Crippen LogP contribution in [0.2, 0.25) is 0 Å². The van der Waals surface area contributed by atoms with Gasteiger partial charge in [-0.15, -0.1) is 12.4 Å². The van der Waals surface area contributed by atoms with E-state index in [1.165, 1.54) is 14.1 Å². The van der Waals surface area contributed by atoms with Gasteiger partial charge in [-0.25, -0.2) is 17.9 Å². The molecule has 0 radical (unpaired) electrons. The van der Waals surface area contributed by atoms with Crippen molar-refractivity contribution < 1.29 is 8.42 Å². The van der Waals surface area contributed by atoms with Crippen molar-refractivity contribution in [1.82, 2.24) is 13.9 Å². The van der Waals surface area contributed by atoms with E-state index in [9.17, 15) is 18.0 Å². The number of hydrogen-bond acceptors (Lipinski definition) is 5. The molecule has 0 spiro atoms. The maximum Gasteiger partial charge on any atom is 0.330 e. The zero-order valence-electron chi connectivity index (χ0n) is 10.6. The molecular formula is C9H17ClN4O4S. The Balaban J connectivity index is 0.00000324. The average Bonchev–Trinajstić information content (AvgIpc) is 2.31. The molecule has 0 unspecified atom stereocenters. The van der Waals surface area contributed by atoms with Crippen LogP contribution in [0.25, 0.3) is 0 Å². The van der Waals surface area contributed by atoms with Gasteiger partial charge in [0.15, 0.2) is 4.90 Å². The lowest BCUT2D eigenvalue weighted by molar-refractivity contribution is 0.569. The number of hydrogen-bond donors (Lipinski definition) is 2. The summed E-state index contributed by atoms with van der Waals surface area (Å²) in [7, 11) is -1.32. The van der Waals surface area contributed by atoms with Crippen molar-refractivity contribution in [3.8, 4) is 0 Å². The molecule has 0 saturated heterocycles. The molecule has 19 heavy (non-hydrogen) atoms. The van der Waals surface area contributed by atoms with Crippen molar-refractivity contribution in [2.75, 3.05) is 13.1 Å². The number of nitrogens with two attached hydrogens (primary N) is 1. The number of nitrogens with one attached hydrogen (secondary N) is 1. The zero-order chi connectivity index (χ0) is 13.9. The van der Waals surface area contributed by atoms with Crippen molar-refractivity contribution in [2.24, 2.45) is 19.8 Å². The van der Waals surface area contributed by atoms with Crippen LogP contribution in [0.3, 0.4) is 0 Å². The van der Waals surface area contributed by atoms with E-state index in [1.807, 2.05) is 0 Å². The van der Waals surface area contributed by atoms with Crippen molar-refractivity contribution >= 4 is 22.4 Å². The second-order valence-electron chi connectivity index (χ2n) is 3.79. The van der Waals surface area contributed by atoms with Gasteiger partial charge in [-0.2, -0.15) is 0 Å². The molecule has 3 N–H and O–H groups in total. The smallest absolute Gasteiger partial charge is 0.330 e. The van der Waals surface area contributed by atoms with Crippen LogP contribution in [0.5, 0.6) is 0 Å². The van der Waals surface area contributed by atoms with Crippen molar-refractivity contribution in [2.45, 2.75) is 11.3 Å². The molecular weight excluding hydrogens is 296 g/mol. The quantitative estimate of drug-likeness (QED) is 0.618. The van der Waals surface area contributed by atoms with Crippen LogP contribution in [0.4, 0.5) is 0 Å². The van der Waals surface area contributed by atoms with Gasteiger partial charge in [0.1, 0.15) is 0 Å². The maximum absolute atomic E-state index is 11.9. The minimum Gasteiger partial charge on any atom is -0.330 e. The van der Waals surface area contributed by atoms with E-state index < -0.39 is 26.2 Å². The van der Waals surface area contributed by atoms with E-state index in [1.54, 1.807) is 0 Å². The van der Waals surface area contributed by atoms with Crippen molar-refractivity contribution in [3.63, 3.8) is 0 Å². The monoisotopic (exact) mass is 312 g/mol. The SMILES string of the molecule is Cl.Cn1cc(S(=O)(=O)NCCCN)c(=O)n(C)c1=O. The fourth-order valence-corrected chi connectivity index (χ4v) is 2.58. The van der Waals surface area contributed by atoms with E-state index >= 15 is 0 Å². The molecule has 10 heteroatoms. The Bertz CT molecular complexity index is 649. The van der Waals surface area contributed by atoms with Crippen LogP contribution < -0.4 is 21.7 Å². The molecule has 0 saturated carbocycles. The largest absolute Gasteiger partial charge is 0.330 e. The number of halogens is 1. The molecule has 1 aromatic heterocycles. The van der Waals surface area contributed by atoms with Crippen LogP contribution in [-0.2, 0) is 24.1 Å². The molecule has 110 valence electrons. The first-order valence-corrected chi connectivity index (χ1v) is 6.76. The third-order valence-electron chi connectivity index (χ3n) is 2.38. The molecule has 8 nitrogen and oxygen atoms in total. The van der Waals surface area contributed by atoms with Crippen molar-refractivity contribution in [3.05, 3.63) is 27.0 Å². The average molecular weight is 313 g/mol. The lowest BCUT2D eigenvalue weighted by Gasteiger charge is -2.08. The van der Waals surface area contributed by atoms with Crippen LogP contribution in [0.15, 0.2) is 20.7 Å². The maximum atomic E-state index is 11.9. The van der Waals surface area contributed by atoms with E-state index in [0.717, 1.165) is 15.3 Å². The summed E-state index contributed by atoms with van der Waals surface area (Å²) in [4.78, 5) is 22.7. The minimum absolute atomic E-state index is 0. The van der Waals surface area contributed by atoms with E-state index in [2.05, 4.69) is 4.72 Å². The number of aromatic nitrogens is 2. The van der Waals surface area contributed by atoms with Gasteiger partial charge in [-0.3, -0.25) is 9.36 Å². The fraction of sp³-hybridized carbons (Fsp3) is 0.556. The molecule has 0 fully saturated rings. The Morgan fingerprint density at radius 1 is 1.32 bits per heavy atom. The molecule has 1 heterocycles. The van der Waals surface area contributed by atoms with Crippen molar-refractivity contribution in [1.29, 1.82) is 0 Å². The standard InChI is InChI=1S/C9H16N4O4S.ClH/c1-12-6-7(8(14)13(2)9(12)15)18(16,17)11-5-3-4-10;/h6,11H,3-5,10H2,1-2H3;1H. The predicted octanol–water partition coefficient (Wildman–Crippen LogP) is -1.87. The summed E-state index contributed by atoms with van der Waals surface area (Å²) in [6, 6.07) is 0. The lowest BCUT2D eigenvalue weighted by atomic mass is 10.4. The van der Waals surface area contributed by atoms with E-state index in [-0.39, 0.29) is 19.0 Å². The van der Waals surface area contributed by atoms with Gasteiger partial charge < -0.3 is 10.3 Å². The Morgan fingerprint density at radius 2 is 1.89 bits per heavy atom. The Labute approximate surface area is 116 Å². The van der Waals surface area contributed by atoms with Crippen LogP contribution in [0.1, 0.15) is 6.42 Å². The molecule has 0 aliphatic carbocycles. The third kappa shape index (κ3) is 3.90. The molecule has 0 aliphatic heterocycles. The summed E-state index contributed by atoms with van der Waals surface area (Å²) in [5.74, 6) is 0. The van der Waals surface area contributed by atoms with Gasteiger partial charge in [0.2, 0.25) is 10.0 Å². The fourth-order valence-electron chi connectivity index (χ4n) is 1.35. The number of sulfonamides is 1. The third-order valence-corrected chi connectivity index (χ3v) is 3.82. The topological polar surface area (TPSA) is 116 Å². The first kappa shape index (κ1) is 17.8. The highest BCUT2D eigenvalue weighted by atomic mass is 35.5. The van der Waals surface area contributed by atoms with Crippen LogP contribution in [0, 0.1) is 0 Å². The second-order valence-corrected chi connectivity index (χ2v) is 5.53. The molecule has 0 amide bonds. The lowest BCUT2D eigenvalue weighted by Crippen LogP contribution is -2.41. The van der Waals surface area contributed by atoms with Gasteiger partial charge in [-0.1, -0.05) is 0 Å². The van der Waals surface area contributed by atoms with Crippen LogP contribution >= 0.6 is 12.4 Å². The summed E-state index contributed by atoms with van der Waals surface area (Å²) in [6.45, 7) is 0.485. The molecule has 0 bridgehead atoms. The van der Waals surface area contributed by atoms with E-state index in [4.69, 9.17) is 5.73 Å². The van der Waals surface area contributed by atoms with Crippen LogP contribution in [-0.4, -0.2) is 30.6 Å². The molecule has 0 aliphatic rings. The summed E-state index contributed by atoms with van der Waals surface area (Å²) < 4.78 is 27.8.